The van der Waals surface area contributed by atoms with Gasteiger partial charge in [0.25, 0.3) is 5.56 Å². The van der Waals surface area contributed by atoms with Crippen molar-refractivity contribution >= 4 is 0 Å². The highest BCUT2D eigenvalue weighted by molar-refractivity contribution is 5.21. The van der Waals surface area contributed by atoms with Crippen molar-refractivity contribution in [2.24, 2.45) is 0 Å². The van der Waals surface area contributed by atoms with Crippen LogP contribution in [0.5, 0.6) is 0 Å². The molecule has 0 aromatic carbocycles. The lowest BCUT2D eigenvalue weighted by Gasteiger charge is -2.06. The molecule has 0 aliphatic carbocycles. The predicted molar refractivity (Wildman–Crippen MR) is 45.2 cm³/mol. The van der Waals surface area contributed by atoms with Gasteiger partial charge in [-0.25, -0.2) is 4.98 Å². The van der Waals surface area contributed by atoms with Crippen LogP contribution in [-0.2, 0) is 19.5 Å². The Bertz CT molecular complexity index is 438. The number of H-pyrrole nitrogens is 1. The Morgan fingerprint density at radius 2 is 2.07 bits per heavy atom. The lowest BCUT2D eigenvalue weighted by atomic mass is 10.2. The van der Waals surface area contributed by atoms with Gasteiger partial charge in [0.1, 0.15) is 12.2 Å². The summed E-state index contributed by atoms with van der Waals surface area (Å²) in [5, 5.41) is 2.85. The standard InChI is InChI=1S/C8H8F3N3O/c9-8(10,11)1-6-13-5-3-12-2-4(5)7(15)14-6/h12H,1-3H2,(H,13,14,15). The Morgan fingerprint density at radius 3 is 2.73 bits per heavy atom. The molecule has 0 bridgehead atoms. The zero-order chi connectivity index (χ0) is 11.1. The van der Waals surface area contributed by atoms with E-state index in [9.17, 15) is 18.0 Å². The summed E-state index contributed by atoms with van der Waals surface area (Å²) in [5.41, 5.74) is 0.364. The number of aromatic nitrogens is 2. The van der Waals surface area contributed by atoms with Crippen LogP contribution < -0.4 is 10.9 Å². The fourth-order valence-corrected chi connectivity index (χ4v) is 1.50. The second kappa shape index (κ2) is 3.34. The summed E-state index contributed by atoms with van der Waals surface area (Å²) in [6.45, 7) is 0.716. The third-order valence-electron chi connectivity index (χ3n) is 2.11. The summed E-state index contributed by atoms with van der Waals surface area (Å²) in [4.78, 5) is 17.2. The van der Waals surface area contributed by atoms with E-state index in [2.05, 4.69) is 15.3 Å². The summed E-state index contributed by atoms with van der Waals surface area (Å²) < 4.78 is 36.1. The van der Waals surface area contributed by atoms with Gasteiger partial charge in [0.05, 0.1) is 11.3 Å². The van der Waals surface area contributed by atoms with Crippen LogP contribution in [0.3, 0.4) is 0 Å². The van der Waals surface area contributed by atoms with E-state index in [1.165, 1.54) is 0 Å². The van der Waals surface area contributed by atoms with Gasteiger partial charge in [-0.3, -0.25) is 4.79 Å². The van der Waals surface area contributed by atoms with Gasteiger partial charge in [-0.2, -0.15) is 13.2 Å². The highest BCUT2D eigenvalue weighted by atomic mass is 19.4. The average molecular weight is 219 g/mol. The van der Waals surface area contributed by atoms with Gasteiger partial charge < -0.3 is 10.3 Å². The molecule has 0 spiro atoms. The van der Waals surface area contributed by atoms with Crippen LogP contribution in [0.25, 0.3) is 0 Å². The molecular weight excluding hydrogens is 211 g/mol. The summed E-state index contributed by atoms with van der Waals surface area (Å²) in [6, 6.07) is 0. The third-order valence-corrected chi connectivity index (χ3v) is 2.11. The summed E-state index contributed by atoms with van der Waals surface area (Å²) in [5.74, 6) is -0.324. The molecule has 0 amide bonds. The number of alkyl halides is 3. The average Bonchev–Trinajstić information content (AvgIpc) is 2.48. The molecule has 1 aliphatic heterocycles. The summed E-state index contributed by atoms with van der Waals surface area (Å²) in [6.07, 6.45) is -5.55. The second-order valence-electron chi connectivity index (χ2n) is 3.33. The minimum absolute atomic E-state index is 0.324. The zero-order valence-electron chi connectivity index (χ0n) is 7.61. The molecule has 7 heteroatoms. The maximum absolute atomic E-state index is 12.0. The number of fused-ring (bicyclic) bond motifs is 1. The maximum atomic E-state index is 12.0. The molecule has 2 N–H and O–H groups in total. The second-order valence-corrected chi connectivity index (χ2v) is 3.33. The van der Waals surface area contributed by atoms with Crippen molar-refractivity contribution in [3.8, 4) is 0 Å². The van der Waals surface area contributed by atoms with Gasteiger partial charge in [-0.1, -0.05) is 0 Å². The number of halogens is 3. The zero-order valence-corrected chi connectivity index (χ0v) is 7.61. The molecule has 82 valence electrons. The van der Waals surface area contributed by atoms with E-state index < -0.39 is 18.2 Å². The number of hydrogen-bond acceptors (Lipinski definition) is 3. The van der Waals surface area contributed by atoms with Crippen LogP contribution in [0.1, 0.15) is 17.1 Å². The quantitative estimate of drug-likeness (QED) is 0.722. The van der Waals surface area contributed by atoms with E-state index in [0.717, 1.165) is 0 Å². The van der Waals surface area contributed by atoms with Crippen LogP contribution >= 0.6 is 0 Å². The van der Waals surface area contributed by atoms with E-state index in [1.54, 1.807) is 0 Å². The van der Waals surface area contributed by atoms with Gasteiger partial charge in [0.15, 0.2) is 0 Å². The molecule has 15 heavy (non-hydrogen) atoms. The fraction of sp³-hybridized carbons (Fsp3) is 0.500. The normalized spacial score (nSPS) is 15.4. The first kappa shape index (κ1) is 10.2. The van der Waals surface area contributed by atoms with Crippen molar-refractivity contribution < 1.29 is 13.2 Å². The Balaban J connectivity index is 2.36. The van der Waals surface area contributed by atoms with Crippen LogP contribution in [0.4, 0.5) is 13.2 Å². The van der Waals surface area contributed by atoms with Gasteiger partial charge in [-0.15, -0.1) is 0 Å². The minimum atomic E-state index is -4.35. The minimum Gasteiger partial charge on any atom is -0.310 e. The van der Waals surface area contributed by atoms with E-state index in [-0.39, 0.29) is 5.82 Å². The molecule has 0 unspecified atom stereocenters. The Hall–Kier alpha value is -1.37. The highest BCUT2D eigenvalue weighted by Crippen LogP contribution is 2.19. The Morgan fingerprint density at radius 1 is 1.33 bits per heavy atom. The van der Waals surface area contributed by atoms with Crippen molar-refractivity contribution in [3.05, 3.63) is 27.4 Å². The first-order valence-corrected chi connectivity index (χ1v) is 4.34. The molecule has 4 nitrogen and oxygen atoms in total. The van der Waals surface area contributed by atoms with E-state index in [1.807, 2.05) is 0 Å². The molecule has 2 rings (SSSR count). The van der Waals surface area contributed by atoms with Crippen molar-refractivity contribution in [1.82, 2.24) is 15.3 Å². The molecule has 1 aliphatic rings. The van der Waals surface area contributed by atoms with Crippen LogP contribution in [0.15, 0.2) is 4.79 Å². The van der Waals surface area contributed by atoms with Crippen LogP contribution in [0.2, 0.25) is 0 Å². The molecule has 0 saturated carbocycles. The molecule has 0 radical (unpaired) electrons. The Labute approximate surface area is 82.5 Å². The smallest absolute Gasteiger partial charge is 0.310 e. The fourth-order valence-electron chi connectivity index (χ4n) is 1.50. The molecule has 0 atom stereocenters. The lowest BCUT2D eigenvalue weighted by molar-refractivity contribution is -0.128. The lowest BCUT2D eigenvalue weighted by Crippen LogP contribution is -2.22. The third kappa shape index (κ3) is 2.17. The number of rotatable bonds is 1. The molecule has 2 heterocycles. The highest BCUT2D eigenvalue weighted by Gasteiger charge is 2.30. The van der Waals surface area contributed by atoms with Gasteiger partial charge in [0, 0.05) is 13.1 Å². The summed E-state index contributed by atoms with van der Waals surface area (Å²) >= 11 is 0. The Kier molecular flexibility index (Phi) is 2.26. The van der Waals surface area contributed by atoms with Crippen molar-refractivity contribution in [2.45, 2.75) is 25.7 Å². The van der Waals surface area contributed by atoms with Crippen molar-refractivity contribution in [2.75, 3.05) is 0 Å². The molecule has 0 fully saturated rings. The number of hydrogen-bond donors (Lipinski definition) is 2. The van der Waals surface area contributed by atoms with E-state index >= 15 is 0 Å². The predicted octanol–water partition coefficient (Wildman–Crippen LogP) is 0.478. The number of nitrogens with one attached hydrogen (secondary N) is 2. The molecule has 1 aromatic heterocycles. The number of aromatic amines is 1. The van der Waals surface area contributed by atoms with E-state index in [0.29, 0.717) is 24.3 Å². The van der Waals surface area contributed by atoms with Gasteiger partial charge >= 0.3 is 6.18 Å². The first-order chi connectivity index (χ1) is 6.96. The van der Waals surface area contributed by atoms with Crippen molar-refractivity contribution in [1.29, 1.82) is 0 Å². The van der Waals surface area contributed by atoms with Crippen LogP contribution in [0, 0.1) is 0 Å². The maximum Gasteiger partial charge on any atom is 0.396 e. The molecule has 0 saturated heterocycles. The van der Waals surface area contributed by atoms with Crippen molar-refractivity contribution in [3.63, 3.8) is 0 Å². The topological polar surface area (TPSA) is 57.8 Å². The SMILES string of the molecule is O=c1[nH]c(CC(F)(F)F)nc2c1CNC2. The molecule has 1 aromatic rings. The van der Waals surface area contributed by atoms with E-state index in [4.69, 9.17) is 0 Å². The first-order valence-electron chi connectivity index (χ1n) is 4.34. The van der Waals surface area contributed by atoms with Crippen LogP contribution in [-0.4, -0.2) is 16.1 Å². The number of nitrogens with zero attached hydrogens (tertiary/aromatic N) is 1. The largest absolute Gasteiger partial charge is 0.396 e. The summed E-state index contributed by atoms with van der Waals surface area (Å²) in [7, 11) is 0. The van der Waals surface area contributed by atoms with Gasteiger partial charge in [0.2, 0.25) is 0 Å². The monoisotopic (exact) mass is 219 g/mol. The van der Waals surface area contributed by atoms with Gasteiger partial charge in [-0.05, 0) is 0 Å². The molecular formula is C8H8F3N3O.